The fourth-order valence-electron chi connectivity index (χ4n) is 3.51. The zero-order valence-corrected chi connectivity index (χ0v) is 18.5. The van der Waals surface area contributed by atoms with Gasteiger partial charge < -0.3 is 10.1 Å². The molecule has 168 valence electrons. The van der Waals surface area contributed by atoms with Crippen LogP contribution < -0.4 is 10.1 Å². The highest BCUT2D eigenvalue weighted by Crippen LogP contribution is 2.23. The predicted octanol–water partition coefficient (Wildman–Crippen LogP) is 5.04. The van der Waals surface area contributed by atoms with Crippen LogP contribution in [0.1, 0.15) is 46.9 Å². The Morgan fingerprint density at radius 1 is 1.03 bits per heavy atom. The van der Waals surface area contributed by atoms with Gasteiger partial charge in [-0.15, -0.1) is 0 Å². The number of ether oxygens (including phenoxy) is 1. The van der Waals surface area contributed by atoms with Gasteiger partial charge in [0.05, 0.1) is 23.1 Å². The molecule has 4 aromatic rings. The maximum atomic E-state index is 13.3. The largest absolute Gasteiger partial charge is 0.489 e. The zero-order valence-electron chi connectivity index (χ0n) is 18.5. The van der Waals surface area contributed by atoms with Gasteiger partial charge in [0, 0.05) is 24.5 Å². The van der Waals surface area contributed by atoms with Gasteiger partial charge in [0.1, 0.15) is 18.2 Å². The minimum atomic E-state index is -0.316. The van der Waals surface area contributed by atoms with Crippen LogP contribution in [0.25, 0.3) is 5.69 Å². The number of nitrogens with one attached hydrogen (secondary N) is 1. The average Bonchev–Trinajstić information content (AvgIpc) is 3.29. The first-order valence-corrected chi connectivity index (χ1v) is 10.7. The van der Waals surface area contributed by atoms with Crippen molar-refractivity contribution in [1.29, 1.82) is 0 Å². The van der Waals surface area contributed by atoms with Crippen LogP contribution in [0.4, 0.5) is 4.39 Å². The van der Waals surface area contributed by atoms with Crippen molar-refractivity contribution in [2.24, 2.45) is 0 Å². The lowest BCUT2D eigenvalue weighted by Crippen LogP contribution is -2.24. The molecule has 4 rings (SSSR count). The second-order valence-corrected chi connectivity index (χ2v) is 7.96. The van der Waals surface area contributed by atoms with Crippen molar-refractivity contribution in [2.75, 3.05) is 0 Å². The average molecular weight is 445 g/mol. The first kappa shape index (κ1) is 22.2. The second-order valence-electron chi connectivity index (χ2n) is 7.96. The summed E-state index contributed by atoms with van der Waals surface area (Å²) in [6.07, 6.45) is 5.06. The number of aromatic nitrogens is 3. The van der Waals surface area contributed by atoms with Gasteiger partial charge in [0.25, 0.3) is 5.91 Å². The van der Waals surface area contributed by atoms with Gasteiger partial charge in [-0.25, -0.2) is 9.07 Å². The molecule has 0 unspecified atom stereocenters. The summed E-state index contributed by atoms with van der Waals surface area (Å²) in [6, 6.07) is 17.5. The molecule has 2 aromatic heterocycles. The number of benzene rings is 2. The lowest BCUT2D eigenvalue weighted by Gasteiger charge is -2.13. The summed E-state index contributed by atoms with van der Waals surface area (Å²) in [7, 11) is 0. The molecule has 1 N–H and O–H groups in total. The number of nitrogens with zero attached hydrogens (tertiary/aromatic N) is 3. The van der Waals surface area contributed by atoms with Crippen LogP contribution in [-0.4, -0.2) is 20.7 Å². The van der Waals surface area contributed by atoms with Crippen molar-refractivity contribution >= 4 is 5.91 Å². The van der Waals surface area contributed by atoms with E-state index in [-0.39, 0.29) is 17.6 Å². The summed E-state index contributed by atoms with van der Waals surface area (Å²) in [4.78, 5) is 17.0. The number of carbonyl (C=O) groups excluding carboxylic acids is 1. The van der Waals surface area contributed by atoms with E-state index in [1.54, 1.807) is 35.4 Å². The Kier molecular flexibility index (Phi) is 6.78. The SMILES string of the molecule is CC(C)c1c(C(=O)NCc2ccc(OCc3cccnc3)cc2)cnn1-c1ccc(F)cc1. The third-order valence-electron chi connectivity index (χ3n) is 5.17. The van der Waals surface area contributed by atoms with Gasteiger partial charge in [0.2, 0.25) is 0 Å². The van der Waals surface area contributed by atoms with Gasteiger partial charge in [-0.05, 0) is 53.9 Å². The molecule has 0 radical (unpaired) electrons. The molecular formula is C26H25FN4O2. The maximum Gasteiger partial charge on any atom is 0.255 e. The molecule has 0 aliphatic heterocycles. The van der Waals surface area contributed by atoms with Crippen LogP contribution in [0.15, 0.2) is 79.3 Å². The Balaban J connectivity index is 1.40. The highest BCUT2D eigenvalue weighted by molar-refractivity contribution is 5.95. The van der Waals surface area contributed by atoms with E-state index in [1.807, 2.05) is 50.2 Å². The molecule has 0 saturated heterocycles. The summed E-state index contributed by atoms with van der Waals surface area (Å²) in [5.74, 6) is 0.276. The molecular weight excluding hydrogens is 419 g/mol. The van der Waals surface area contributed by atoms with E-state index in [2.05, 4.69) is 15.4 Å². The first-order valence-electron chi connectivity index (χ1n) is 10.7. The number of hydrogen-bond acceptors (Lipinski definition) is 4. The fourth-order valence-corrected chi connectivity index (χ4v) is 3.51. The standard InChI is InChI=1S/C26H25FN4O2/c1-18(2)25-24(16-30-31(25)22-9-7-21(27)8-10-22)26(32)29-15-19-5-11-23(12-6-19)33-17-20-4-3-13-28-14-20/h3-14,16,18H,15,17H2,1-2H3,(H,29,32). The van der Waals surface area contributed by atoms with Crippen molar-refractivity contribution in [3.8, 4) is 11.4 Å². The zero-order chi connectivity index (χ0) is 23.2. The van der Waals surface area contributed by atoms with E-state index in [1.165, 1.54) is 12.1 Å². The minimum Gasteiger partial charge on any atom is -0.489 e. The molecule has 2 aromatic carbocycles. The third-order valence-corrected chi connectivity index (χ3v) is 5.17. The van der Waals surface area contributed by atoms with E-state index in [0.29, 0.717) is 24.4 Å². The quantitative estimate of drug-likeness (QED) is 0.413. The number of carbonyl (C=O) groups is 1. The predicted molar refractivity (Wildman–Crippen MR) is 124 cm³/mol. The monoisotopic (exact) mass is 444 g/mol. The Labute approximate surface area is 192 Å². The third kappa shape index (κ3) is 5.44. The van der Waals surface area contributed by atoms with E-state index in [9.17, 15) is 9.18 Å². The van der Waals surface area contributed by atoms with Crippen LogP contribution in [-0.2, 0) is 13.2 Å². The van der Waals surface area contributed by atoms with Crippen molar-refractivity contribution < 1.29 is 13.9 Å². The highest BCUT2D eigenvalue weighted by Gasteiger charge is 2.20. The van der Waals surface area contributed by atoms with Crippen LogP contribution in [0.2, 0.25) is 0 Å². The molecule has 0 fully saturated rings. The summed E-state index contributed by atoms with van der Waals surface area (Å²) in [6.45, 7) is 4.82. The van der Waals surface area contributed by atoms with E-state index in [0.717, 1.165) is 22.6 Å². The van der Waals surface area contributed by atoms with Crippen molar-refractivity contribution in [1.82, 2.24) is 20.1 Å². The van der Waals surface area contributed by atoms with Gasteiger partial charge in [-0.1, -0.05) is 32.0 Å². The van der Waals surface area contributed by atoms with Crippen LogP contribution >= 0.6 is 0 Å². The van der Waals surface area contributed by atoms with Crippen LogP contribution in [0.3, 0.4) is 0 Å². The molecule has 0 bridgehead atoms. The normalized spacial score (nSPS) is 10.9. The number of hydrogen-bond donors (Lipinski definition) is 1. The molecule has 0 aliphatic carbocycles. The molecule has 6 nitrogen and oxygen atoms in total. The van der Waals surface area contributed by atoms with Gasteiger partial charge >= 0.3 is 0 Å². The Morgan fingerprint density at radius 2 is 1.79 bits per heavy atom. The van der Waals surface area contributed by atoms with E-state index >= 15 is 0 Å². The minimum absolute atomic E-state index is 0.0505. The van der Waals surface area contributed by atoms with Crippen molar-refractivity contribution in [3.63, 3.8) is 0 Å². The summed E-state index contributed by atoms with van der Waals surface area (Å²) >= 11 is 0. The van der Waals surface area contributed by atoms with Crippen molar-refractivity contribution in [2.45, 2.75) is 32.9 Å². The van der Waals surface area contributed by atoms with Crippen LogP contribution in [0, 0.1) is 5.82 Å². The second kappa shape index (κ2) is 10.1. The lowest BCUT2D eigenvalue weighted by molar-refractivity contribution is 0.0949. The van der Waals surface area contributed by atoms with Gasteiger partial charge in [-0.3, -0.25) is 9.78 Å². The van der Waals surface area contributed by atoms with E-state index < -0.39 is 0 Å². The molecule has 2 heterocycles. The lowest BCUT2D eigenvalue weighted by atomic mass is 10.0. The van der Waals surface area contributed by atoms with Gasteiger partial charge in [0.15, 0.2) is 0 Å². The smallest absolute Gasteiger partial charge is 0.255 e. The number of rotatable bonds is 8. The molecule has 0 atom stereocenters. The summed E-state index contributed by atoms with van der Waals surface area (Å²) in [5, 5.41) is 7.34. The Hall–Kier alpha value is -4.00. The number of pyridine rings is 1. The van der Waals surface area contributed by atoms with Crippen molar-refractivity contribution in [3.05, 3.63) is 107 Å². The molecule has 0 spiro atoms. The summed E-state index contributed by atoms with van der Waals surface area (Å²) in [5.41, 5.74) is 3.94. The Morgan fingerprint density at radius 3 is 2.45 bits per heavy atom. The molecule has 1 amide bonds. The molecule has 0 aliphatic rings. The van der Waals surface area contributed by atoms with E-state index in [4.69, 9.17) is 4.74 Å². The first-order chi connectivity index (χ1) is 16.0. The highest BCUT2D eigenvalue weighted by atomic mass is 19.1. The molecule has 33 heavy (non-hydrogen) atoms. The summed E-state index contributed by atoms with van der Waals surface area (Å²) < 4.78 is 20.8. The van der Waals surface area contributed by atoms with Gasteiger partial charge in [-0.2, -0.15) is 5.10 Å². The fraction of sp³-hybridized carbons (Fsp3) is 0.192. The maximum absolute atomic E-state index is 13.3. The molecule has 7 heteroatoms. The Bertz CT molecular complexity index is 1200. The number of amides is 1. The topological polar surface area (TPSA) is 69.0 Å². The number of halogens is 1. The molecule has 0 saturated carbocycles. The van der Waals surface area contributed by atoms with Crippen LogP contribution in [0.5, 0.6) is 5.75 Å².